The molecule has 0 amide bonds. The van der Waals surface area contributed by atoms with Gasteiger partial charge in [-0.3, -0.25) is 4.99 Å². The van der Waals surface area contributed by atoms with Crippen molar-refractivity contribution in [1.82, 2.24) is 10.6 Å². The van der Waals surface area contributed by atoms with Crippen LogP contribution in [0.5, 0.6) is 11.5 Å². The van der Waals surface area contributed by atoms with Crippen LogP contribution in [0.3, 0.4) is 0 Å². The molecule has 0 radical (unpaired) electrons. The molecular weight excluding hydrogens is 593 g/mol. The summed E-state index contributed by atoms with van der Waals surface area (Å²) < 4.78 is 5.53. The number of nitrogens with one attached hydrogen (secondary N) is 2. The van der Waals surface area contributed by atoms with Crippen LogP contribution in [0.15, 0.2) is 101 Å². The van der Waals surface area contributed by atoms with Crippen LogP contribution in [-0.2, 0) is 6.42 Å². The van der Waals surface area contributed by atoms with Gasteiger partial charge >= 0.3 is 0 Å². The third-order valence-electron chi connectivity index (χ3n) is 8.79. The van der Waals surface area contributed by atoms with E-state index < -0.39 is 7.92 Å². The van der Waals surface area contributed by atoms with Crippen molar-refractivity contribution in [1.29, 1.82) is 0 Å². The number of aliphatic imine (C=N–C) groups is 1. The fourth-order valence-corrected chi connectivity index (χ4v) is 9.35. The van der Waals surface area contributed by atoms with E-state index in [-0.39, 0.29) is 24.0 Å². The molecule has 2 aliphatic carbocycles. The maximum Gasteiger partial charge on any atom is 0.166 e. The number of rotatable bonds is 12. The highest BCUT2D eigenvalue weighted by Crippen LogP contribution is 2.49. The predicted octanol–water partition coefficient (Wildman–Crippen LogP) is 7.53. The van der Waals surface area contributed by atoms with E-state index in [0.29, 0.717) is 16.4 Å². The van der Waals surface area contributed by atoms with Gasteiger partial charge in [-0.25, -0.2) is 0 Å². The molecule has 0 aliphatic heterocycles. The van der Waals surface area contributed by atoms with E-state index in [1.54, 1.807) is 7.11 Å². The number of hydrogen-bond acceptors (Lipinski definition) is 4. The number of ether oxygens (including phenoxy) is 1. The SMILES string of the molecule is CCCCc1cc(OC)cc(C=N[C@H]2CCCC[C@@H]2NC(=S)N[C@H](C)[C@@H]2C=CC=C2P(c2ccccc2)c2ccccc2)c1O. The maximum atomic E-state index is 11.0. The van der Waals surface area contributed by atoms with Crippen molar-refractivity contribution in [3.8, 4) is 11.5 Å². The Labute approximate surface area is 275 Å². The average Bonchev–Trinajstić information content (AvgIpc) is 3.55. The molecule has 1 fully saturated rings. The van der Waals surface area contributed by atoms with E-state index in [0.717, 1.165) is 56.3 Å². The van der Waals surface area contributed by atoms with Gasteiger partial charge in [-0.2, -0.15) is 0 Å². The Kier molecular flexibility index (Phi) is 11.8. The molecule has 0 aromatic heterocycles. The van der Waals surface area contributed by atoms with Crippen molar-refractivity contribution in [3.05, 3.63) is 107 Å². The molecular formula is C38H46N3O2PS. The Bertz CT molecular complexity index is 1470. The third-order valence-corrected chi connectivity index (χ3v) is 11.6. The second-order valence-corrected chi connectivity index (χ2v) is 14.6. The van der Waals surface area contributed by atoms with E-state index in [4.69, 9.17) is 21.9 Å². The molecule has 0 heterocycles. The summed E-state index contributed by atoms with van der Waals surface area (Å²) in [6.07, 6.45) is 15.8. The van der Waals surface area contributed by atoms with Crippen LogP contribution in [0.1, 0.15) is 63.5 Å². The summed E-state index contributed by atoms with van der Waals surface area (Å²) in [7, 11) is 0.998. The Hall–Kier alpha value is -3.47. The van der Waals surface area contributed by atoms with Gasteiger partial charge in [0.15, 0.2) is 5.11 Å². The molecule has 3 N–H and O–H groups in total. The molecule has 7 heteroatoms. The van der Waals surface area contributed by atoms with Crippen molar-refractivity contribution < 1.29 is 9.84 Å². The standard InChI is InChI=1S/C38H46N3O2PS/c1-4-5-15-28-24-30(43-3)25-29(37(28)42)26-39-34-21-12-13-22-35(34)41-38(45)40-27(2)33-20-14-23-36(33)44(31-16-8-6-9-17-31)32-18-10-7-11-19-32/h6-11,14,16-20,23-27,33-35,42H,4-5,12-13,15,21-22H2,1-3H3,(H2,40,41,45)/t27-,33+,34+,35+/m1/s1. The van der Waals surface area contributed by atoms with Crippen molar-refractivity contribution in [2.75, 3.05) is 7.11 Å². The number of phenols is 1. The molecule has 0 bridgehead atoms. The molecule has 0 unspecified atom stereocenters. The number of aryl methyl sites for hydroxylation is 1. The maximum absolute atomic E-state index is 11.0. The van der Waals surface area contributed by atoms with Crippen LogP contribution < -0.4 is 26.0 Å². The molecule has 0 spiro atoms. The summed E-state index contributed by atoms with van der Waals surface area (Å²) in [5.41, 5.74) is 1.62. The number of benzene rings is 3. The largest absolute Gasteiger partial charge is 0.507 e. The second kappa shape index (κ2) is 16.2. The van der Waals surface area contributed by atoms with Gasteiger partial charge in [0, 0.05) is 23.7 Å². The molecule has 4 atom stereocenters. The van der Waals surface area contributed by atoms with E-state index in [1.165, 1.54) is 15.9 Å². The Morgan fingerprint density at radius 3 is 2.42 bits per heavy atom. The van der Waals surface area contributed by atoms with Gasteiger partial charge in [-0.1, -0.05) is 105 Å². The van der Waals surface area contributed by atoms with Gasteiger partial charge in [0.25, 0.3) is 0 Å². The fourth-order valence-electron chi connectivity index (χ4n) is 6.33. The first-order valence-corrected chi connectivity index (χ1v) is 18.0. The quantitative estimate of drug-likeness (QED) is 0.109. The molecule has 5 nitrogen and oxygen atoms in total. The number of unbranched alkanes of at least 4 members (excludes halogenated alkanes) is 1. The molecule has 236 valence electrons. The lowest BCUT2D eigenvalue weighted by Gasteiger charge is -2.33. The lowest BCUT2D eigenvalue weighted by atomic mass is 9.90. The highest BCUT2D eigenvalue weighted by Gasteiger charge is 2.31. The van der Waals surface area contributed by atoms with E-state index >= 15 is 0 Å². The minimum absolute atomic E-state index is 0.0735. The smallest absolute Gasteiger partial charge is 0.166 e. The number of allylic oxidation sites excluding steroid dienone is 2. The van der Waals surface area contributed by atoms with Gasteiger partial charge in [-0.05, 0) is 86.4 Å². The summed E-state index contributed by atoms with van der Waals surface area (Å²) >= 11 is 5.91. The summed E-state index contributed by atoms with van der Waals surface area (Å²) in [5.74, 6) is 1.28. The first kappa shape index (κ1) is 32.9. The topological polar surface area (TPSA) is 65.9 Å². The fraction of sp³-hybridized carbons (Fsp3) is 0.368. The number of hydrogen-bond donors (Lipinski definition) is 3. The Balaban J connectivity index is 1.26. The highest BCUT2D eigenvalue weighted by atomic mass is 32.1. The van der Waals surface area contributed by atoms with Crippen molar-refractivity contribution in [2.24, 2.45) is 10.9 Å². The van der Waals surface area contributed by atoms with E-state index in [2.05, 4.69) is 103 Å². The summed E-state index contributed by atoms with van der Waals surface area (Å²) in [4.78, 5) is 5.00. The zero-order valence-electron chi connectivity index (χ0n) is 26.7. The number of methoxy groups -OCH3 is 1. The molecule has 0 saturated heterocycles. The van der Waals surface area contributed by atoms with Crippen LogP contribution in [0.2, 0.25) is 0 Å². The molecule has 5 rings (SSSR count). The van der Waals surface area contributed by atoms with Gasteiger partial charge in [0.1, 0.15) is 11.5 Å². The third kappa shape index (κ3) is 8.42. The van der Waals surface area contributed by atoms with Crippen molar-refractivity contribution in [2.45, 2.75) is 76.9 Å². The summed E-state index contributed by atoms with van der Waals surface area (Å²) in [6, 6.07) is 25.8. The number of thiocarbonyl (C=S) groups is 1. The van der Waals surface area contributed by atoms with Crippen LogP contribution in [0, 0.1) is 5.92 Å². The number of phenolic OH excluding ortho intramolecular Hbond substituents is 1. The average molecular weight is 640 g/mol. The van der Waals surface area contributed by atoms with Gasteiger partial charge < -0.3 is 20.5 Å². The van der Waals surface area contributed by atoms with E-state index in [1.807, 2.05) is 18.3 Å². The van der Waals surface area contributed by atoms with Crippen LogP contribution in [-0.4, -0.2) is 41.7 Å². The zero-order valence-corrected chi connectivity index (χ0v) is 28.4. The summed E-state index contributed by atoms with van der Waals surface area (Å²) in [5, 5.41) is 23.1. The molecule has 45 heavy (non-hydrogen) atoms. The highest BCUT2D eigenvalue weighted by molar-refractivity contribution is 7.80. The normalized spacial score (nSPS) is 20.3. The van der Waals surface area contributed by atoms with Crippen LogP contribution >= 0.6 is 20.1 Å². The van der Waals surface area contributed by atoms with Gasteiger partial charge in [-0.15, -0.1) is 0 Å². The second-order valence-electron chi connectivity index (χ2n) is 12.0. The first-order valence-electron chi connectivity index (χ1n) is 16.3. The number of aromatic hydroxyl groups is 1. The minimum atomic E-state index is -0.666. The van der Waals surface area contributed by atoms with Gasteiger partial charge in [0.2, 0.25) is 0 Å². The zero-order chi connectivity index (χ0) is 31.6. The Morgan fingerprint density at radius 1 is 1.07 bits per heavy atom. The lowest BCUT2D eigenvalue weighted by Crippen LogP contribution is -2.51. The molecule has 3 aromatic carbocycles. The van der Waals surface area contributed by atoms with Crippen molar-refractivity contribution in [3.63, 3.8) is 0 Å². The predicted molar refractivity (Wildman–Crippen MR) is 195 cm³/mol. The number of nitrogens with zero attached hydrogens (tertiary/aromatic N) is 1. The molecule has 3 aromatic rings. The van der Waals surface area contributed by atoms with Crippen LogP contribution in [0.4, 0.5) is 0 Å². The first-order chi connectivity index (χ1) is 22.0. The van der Waals surface area contributed by atoms with E-state index in [9.17, 15) is 5.11 Å². The monoisotopic (exact) mass is 639 g/mol. The van der Waals surface area contributed by atoms with Gasteiger partial charge in [0.05, 0.1) is 19.2 Å². The van der Waals surface area contributed by atoms with Crippen LogP contribution in [0.25, 0.3) is 0 Å². The Morgan fingerprint density at radius 2 is 1.76 bits per heavy atom. The minimum Gasteiger partial charge on any atom is -0.507 e. The molecule has 2 aliphatic rings. The lowest BCUT2D eigenvalue weighted by molar-refractivity contribution is 0.360. The summed E-state index contributed by atoms with van der Waals surface area (Å²) in [6.45, 7) is 4.38. The molecule has 1 saturated carbocycles. The van der Waals surface area contributed by atoms with Crippen molar-refractivity contribution >= 4 is 42.1 Å².